The highest BCUT2D eigenvalue weighted by atomic mass is 16.6. The molecule has 1 N–H and O–H groups in total. The van der Waals surface area contributed by atoms with E-state index in [1.165, 1.54) is 18.3 Å². The molecule has 1 aromatic heterocycles. The van der Waals surface area contributed by atoms with Crippen LogP contribution in [0.4, 0.5) is 11.5 Å². The first-order valence-corrected chi connectivity index (χ1v) is 6.16. The van der Waals surface area contributed by atoms with Gasteiger partial charge in [0.05, 0.1) is 17.1 Å². The Morgan fingerprint density at radius 3 is 3.22 bits per heavy atom. The fourth-order valence-electron chi connectivity index (χ4n) is 2.24. The standard InChI is InChI=1S/C12H17N3O3/c1-2-11-9(4-6-18-11)8-14-12-7-10(15(16)17)3-5-13-12/h3,5,7,9,11H,2,4,6,8H2,1H3,(H,13,14). The molecule has 1 aliphatic heterocycles. The van der Waals surface area contributed by atoms with Crippen LogP contribution in [0.2, 0.25) is 0 Å². The Hall–Kier alpha value is -1.69. The van der Waals surface area contributed by atoms with Crippen molar-refractivity contribution in [3.05, 3.63) is 28.4 Å². The highest BCUT2D eigenvalue weighted by Crippen LogP contribution is 2.24. The van der Waals surface area contributed by atoms with Crippen LogP contribution in [-0.2, 0) is 4.74 Å². The minimum atomic E-state index is -0.416. The largest absolute Gasteiger partial charge is 0.378 e. The summed E-state index contributed by atoms with van der Waals surface area (Å²) in [6.45, 7) is 3.65. The van der Waals surface area contributed by atoms with E-state index in [0.29, 0.717) is 11.7 Å². The van der Waals surface area contributed by atoms with Gasteiger partial charge in [0.1, 0.15) is 5.82 Å². The summed E-state index contributed by atoms with van der Waals surface area (Å²) in [4.78, 5) is 14.3. The van der Waals surface area contributed by atoms with Crippen molar-refractivity contribution in [1.29, 1.82) is 0 Å². The number of hydrogen-bond acceptors (Lipinski definition) is 5. The SMILES string of the molecule is CCC1OCCC1CNc1cc([N+](=O)[O-])ccn1. The van der Waals surface area contributed by atoms with Crippen LogP contribution in [0.5, 0.6) is 0 Å². The number of rotatable bonds is 5. The molecular formula is C12H17N3O3. The van der Waals surface area contributed by atoms with E-state index >= 15 is 0 Å². The second-order valence-electron chi connectivity index (χ2n) is 4.40. The number of nitro groups is 1. The Morgan fingerprint density at radius 2 is 2.50 bits per heavy atom. The number of anilines is 1. The normalized spacial score (nSPS) is 22.9. The predicted molar refractivity (Wildman–Crippen MR) is 67.5 cm³/mol. The van der Waals surface area contributed by atoms with E-state index in [0.717, 1.165) is 26.0 Å². The molecule has 6 nitrogen and oxygen atoms in total. The molecule has 0 saturated carbocycles. The third-order valence-corrected chi connectivity index (χ3v) is 3.25. The zero-order valence-corrected chi connectivity index (χ0v) is 10.3. The van der Waals surface area contributed by atoms with Crippen molar-refractivity contribution in [1.82, 2.24) is 4.98 Å². The minimum Gasteiger partial charge on any atom is -0.378 e. The highest BCUT2D eigenvalue weighted by Gasteiger charge is 2.26. The summed E-state index contributed by atoms with van der Waals surface area (Å²) in [5.74, 6) is 1.00. The maximum atomic E-state index is 10.6. The summed E-state index contributed by atoms with van der Waals surface area (Å²) >= 11 is 0. The van der Waals surface area contributed by atoms with Gasteiger partial charge in [-0.1, -0.05) is 6.92 Å². The summed E-state index contributed by atoms with van der Waals surface area (Å²) < 4.78 is 5.60. The minimum absolute atomic E-state index is 0.0576. The van der Waals surface area contributed by atoms with Crippen LogP contribution in [0.1, 0.15) is 19.8 Å². The summed E-state index contributed by atoms with van der Waals surface area (Å²) in [7, 11) is 0. The molecule has 1 saturated heterocycles. The zero-order valence-electron chi connectivity index (χ0n) is 10.3. The first-order chi connectivity index (χ1) is 8.70. The lowest BCUT2D eigenvalue weighted by molar-refractivity contribution is -0.384. The zero-order chi connectivity index (χ0) is 13.0. The Morgan fingerprint density at radius 1 is 1.67 bits per heavy atom. The molecule has 98 valence electrons. The molecule has 1 aromatic rings. The third-order valence-electron chi connectivity index (χ3n) is 3.25. The van der Waals surface area contributed by atoms with Crippen molar-refractivity contribution in [2.24, 2.45) is 5.92 Å². The topological polar surface area (TPSA) is 77.3 Å². The second kappa shape index (κ2) is 5.77. The van der Waals surface area contributed by atoms with E-state index in [1.807, 2.05) is 0 Å². The average Bonchev–Trinajstić information content (AvgIpc) is 2.84. The molecule has 0 aliphatic carbocycles. The number of nitrogens with one attached hydrogen (secondary N) is 1. The molecule has 2 atom stereocenters. The predicted octanol–water partition coefficient (Wildman–Crippen LogP) is 2.22. The molecule has 2 heterocycles. The number of nitrogens with zero attached hydrogens (tertiary/aromatic N) is 2. The van der Waals surface area contributed by atoms with Gasteiger partial charge in [-0.15, -0.1) is 0 Å². The van der Waals surface area contributed by atoms with Gasteiger partial charge < -0.3 is 10.1 Å². The number of ether oxygens (including phenoxy) is 1. The second-order valence-corrected chi connectivity index (χ2v) is 4.40. The van der Waals surface area contributed by atoms with Crippen LogP contribution in [-0.4, -0.2) is 29.2 Å². The van der Waals surface area contributed by atoms with Gasteiger partial charge in [0.25, 0.3) is 5.69 Å². The molecule has 2 rings (SSSR count). The summed E-state index contributed by atoms with van der Waals surface area (Å²) in [6, 6.07) is 2.84. The maximum Gasteiger partial charge on any atom is 0.274 e. The fourth-order valence-corrected chi connectivity index (χ4v) is 2.24. The molecule has 0 aromatic carbocycles. The Balaban J connectivity index is 1.93. The Kier molecular flexibility index (Phi) is 4.09. The maximum absolute atomic E-state index is 10.6. The van der Waals surface area contributed by atoms with Crippen LogP contribution in [0.25, 0.3) is 0 Å². The Labute approximate surface area is 106 Å². The smallest absolute Gasteiger partial charge is 0.274 e. The molecule has 6 heteroatoms. The average molecular weight is 251 g/mol. The quantitative estimate of drug-likeness (QED) is 0.641. The van der Waals surface area contributed by atoms with E-state index in [9.17, 15) is 10.1 Å². The van der Waals surface area contributed by atoms with Crippen molar-refractivity contribution in [3.8, 4) is 0 Å². The monoisotopic (exact) mass is 251 g/mol. The lowest BCUT2D eigenvalue weighted by atomic mass is 10.00. The van der Waals surface area contributed by atoms with Crippen molar-refractivity contribution in [2.45, 2.75) is 25.9 Å². The Bertz CT molecular complexity index is 425. The van der Waals surface area contributed by atoms with Crippen molar-refractivity contribution < 1.29 is 9.66 Å². The fraction of sp³-hybridized carbons (Fsp3) is 0.583. The van der Waals surface area contributed by atoms with Gasteiger partial charge in [-0.25, -0.2) is 4.98 Å². The first kappa shape index (κ1) is 12.8. The van der Waals surface area contributed by atoms with Crippen LogP contribution < -0.4 is 5.32 Å². The van der Waals surface area contributed by atoms with Crippen molar-refractivity contribution >= 4 is 11.5 Å². The van der Waals surface area contributed by atoms with Gasteiger partial charge in [0.2, 0.25) is 0 Å². The van der Waals surface area contributed by atoms with Gasteiger partial charge in [-0.2, -0.15) is 0 Å². The van der Waals surface area contributed by atoms with E-state index in [1.54, 1.807) is 0 Å². The van der Waals surface area contributed by atoms with Crippen molar-refractivity contribution in [2.75, 3.05) is 18.5 Å². The third kappa shape index (κ3) is 2.95. The molecule has 2 unspecified atom stereocenters. The lowest BCUT2D eigenvalue weighted by Gasteiger charge is -2.17. The molecule has 18 heavy (non-hydrogen) atoms. The van der Waals surface area contributed by atoms with E-state index in [4.69, 9.17) is 4.74 Å². The number of hydrogen-bond donors (Lipinski definition) is 1. The van der Waals surface area contributed by atoms with E-state index in [2.05, 4.69) is 17.2 Å². The molecule has 0 spiro atoms. The van der Waals surface area contributed by atoms with Gasteiger partial charge in [-0.05, 0) is 12.8 Å². The van der Waals surface area contributed by atoms with Gasteiger partial charge >= 0.3 is 0 Å². The molecule has 0 radical (unpaired) electrons. The van der Waals surface area contributed by atoms with E-state index < -0.39 is 4.92 Å². The van der Waals surface area contributed by atoms with Gasteiger partial charge in [0, 0.05) is 31.3 Å². The molecule has 0 amide bonds. The van der Waals surface area contributed by atoms with Crippen LogP contribution in [0.15, 0.2) is 18.3 Å². The lowest BCUT2D eigenvalue weighted by Crippen LogP contribution is -2.23. The van der Waals surface area contributed by atoms with Crippen LogP contribution in [0, 0.1) is 16.0 Å². The summed E-state index contributed by atoms with van der Waals surface area (Å²) in [6.07, 6.45) is 3.76. The van der Waals surface area contributed by atoms with Crippen LogP contribution >= 0.6 is 0 Å². The number of pyridine rings is 1. The van der Waals surface area contributed by atoms with Crippen LogP contribution in [0.3, 0.4) is 0 Å². The van der Waals surface area contributed by atoms with Gasteiger partial charge in [0.15, 0.2) is 0 Å². The molecule has 1 fully saturated rings. The van der Waals surface area contributed by atoms with Gasteiger partial charge in [-0.3, -0.25) is 10.1 Å². The molecular weight excluding hydrogens is 234 g/mol. The summed E-state index contributed by atoms with van der Waals surface area (Å²) in [5, 5.41) is 13.8. The molecule has 1 aliphatic rings. The van der Waals surface area contributed by atoms with Crippen molar-refractivity contribution in [3.63, 3.8) is 0 Å². The highest BCUT2D eigenvalue weighted by molar-refractivity contribution is 5.44. The van der Waals surface area contributed by atoms with E-state index in [-0.39, 0.29) is 11.8 Å². The first-order valence-electron chi connectivity index (χ1n) is 6.16. The molecule has 0 bridgehead atoms. The number of aromatic nitrogens is 1. The summed E-state index contributed by atoms with van der Waals surface area (Å²) in [5.41, 5.74) is 0.0576.